The second-order valence-electron chi connectivity index (χ2n) is 5.71. The van der Waals surface area contributed by atoms with Crippen molar-refractivity contribution in [2.45, 2.75) is 45.1 Å². The molecule has 0 aliphatic heterocycles. The minimum atomic E-state index is -0.0713. The molecule has 110 valence electrons. The number of aromatic amines is 1. The van der Waals surface area contributed by atoms with Crippen molar-refractivity contribution in [3.05, 3.63) is 52.8 Å². The topological polar surface area (TPSA) is 57.8 Å². The third-order valence-electron chi connectivity index (χ3n) is 4.06. The third-order valence-corrected chi connectivity index (χ3v) is 4.06. The number of nitrogens with zero attached hydrogens (tertiary/aromatic N) is 1. The standard InChI is InChI=1S/C17H21N3O/c1-2-5-15-11-16(20-19-15)17(21)18-14-9-8-12-6-3-4-7-13(12)10-14/h3-4,6-7,11,14H,2,5,8-10H2,1H3,(H,18,21)(H,19,20). The fraction of sp³-hybridized carbons (Fsp3) is 0.412. The zero-order chi connectivity index (χ0) is 14.7. The predicted molar refractivity (Wildman–Crippen MR) is 82.3 cm³/mol. The van der Waals surface area contributed by atoms with Gasteiger partial charge in [0, 0.05) is 11.7 Å². The summed E-state index contributed by atoms with van der Waals surface area (Å²) in [5.74, 6) is -0.0713. The van der Waals surface area contributed by atoms with E-state index < -0.39 is 0 Å². The van der Waals surface area contributed by atoms with Gasteiger partial charge in [-0.25, -0.2) is 0 Å². The molecule has 1 heterocycles. The minimum absolute atomic E-state index is 0.0713. The lowest BCUT2D eigenvalue weighted by Gasteiger charge is -2.25. The molecule has 3 rings (SSSR count). The molecule has 21 heavy (non-hydrogen) atoms. The van der Waals surface area contributed by atoms with E-state index in [9.17, 15) is 4.79 Å². The Morgan fingerprint density at radius 3 is 3.00 bits per heavy atom. The first-order valence-electron chi connectivity index (χ1n) is 7.68. The highest BCUT2D eigenvalue weighted by atomic mass is 16.2. The Kier molecular flexibility index (Phi) is 4.04. The van der Waals surface area contributed by atoms with Crippen LogP contribution in [0.25, 0.3) is 0 Å². The second-order valence-corrected chi connectivity index (χ2v) is 5.71. The Morgan fingerprint density at radius 2 is 2.19 bits per heavy atom. The van der Waals surface area contributed by atoms with Crippen molar-refractivity contribution in [1.29, 1.82) is 0 Å². The average molecular weight is 283 g/mol. The summed E-state index contributed by atoms with van der Waals surface area (Å²) in [7, 11) is 0. The minimum Gasteiger partial charge on any atom is -0.348 e. The zero-order valence-electron chi connectivity index (χ0n) is 12.4. The number of rotatable bonds is 4. The Bertz CT molecular complexity index is 632. The van der Waals surface area contributed by atoms with E-state index in [1.807, 2.05) is 6.07 Å². The highest BCUT2D eigenvalue weighted by Crippen LogP contribution is 2.21. The molecule has 1 atom stereocenters. The molecule has 1 aromatic carbocycles. The monoisotopic (exact) mass is 283 g/mol. The highest BCUT2D eigenvalue weighted by molar-refractivity contribution is 5.92. The van der Waals surface area contributed by atoms with E-state index in [0.29, 0.717) is 5.69 Å². The number of carbonyl (C=O) groups excluding carboxylic acids is 1. The summed E-state index contributed by atoms with van der Waals surface area (Å²) >= 11 is 0. The molecule has 1 aliphatic rings. The molecule has 0 saturated heterocycles. The van der Waals surface area contributed by atoms with Crippen molar-refractivity contribution in [2.24, 2.45) is 0 Å². The van der Waals surface area contributed by atoms with Crippen LogP contribution in [0.5, 0.6) is 0 Å². The van der Waals surface area contributed by atoms with Gasteiger partial charge >= 0.3 is 0 Å². The Morgan fingerprint density at radius 1 is 1.38 bits per heavy atom. The number of fused-ring (bicyclic) bond motifs is 1. The molecular weight excluding hydrogens is 262 g/mol. The largest absolute Gasteiger partial charge is 0.348 e. The van der Waals surface area contributed by atoms with E-state index in [4.69, 9.17) is 0 Å². The van der Waals surface area contributed by atoms with Gasteiger partial charge in [-0.05, 0) is 42.9 Å². The van der Waals surface area contributed by atoms with Crippen LogP contribution < -0.4 is 5.32 Å². The lowest BCUT2D eigenvalue weighted by Crippen LogP contribution is -2.39. The maximum absolute atomic E-state index is 12.2. The lowest BCUT2D eigenvalue weighted by atomic mass is 9.88. The summed E-state index contributed by atoms with van der Waals surface area (Å²) in [6, 6.07) is 10.5. The van der Waals surface area contributed by atoms with Gasteiger partial charge in [0.2, 0.25) is 0 Å². The molecule has 0 saturated carbocycles. The first kappa shape index (κ1) is 13.9. The van der Waals surface area contributed by atoms with E-state index in [1.54, 1.807) is 0 Å². The van der Waals surface area contributed by atoms with Gasteiger partial charge in [0.25, 0.3) is 5.91 Å². The normalized spacial score (nSPS) is 17.3. The lowest BCUT2D eigenvalue weighted by molar-refractivity contribution is 0.0928. The highest BCUT2D eigenvalue weighted by Gasteiger charge is 2.21. The van der Waals surface area contributed by atoms with Crippen LogP contribution >= 0.6 is 0 Å². The van der Waals surface area contributed by atoms with Gasteiger partial charge < -0.3 is 5.32 Å². The van der Waals surface area contributed by atoms with E-state index in [2.05, 4.69) is 46.7 Å². The zero-order valence-corrected chi connectivity index (χ0v) is 12.4. The number of hydrogen-bond donors (Lipinski definition) is 2. The smallest absolute Gasteiger partial charge is 0.272 e. The molecule has 2 N–H and O–H groups in total. The summed E-state index contributed by atoms with van der Waals surface area (Å²) < 4.78 is 0. The molecule has 0 fully saturated rings. The molecular formula is C17H21N3O. The van der Waals surface area contributed by atoms with Crippen LogP contribution in [0.2, 0.25) is 0 Å². The molecule has 4 nitrogen and oxygen atoms in total. The number of benzene rings is 1. The van der Waals surface area contributed by atoms with Gasteiger partial charge in [0.15, 0.2) is 0 Å². The molecule has 0 radical (unpaired) electrons. The molecule has 1 amide bonds. The van der Waals surface area contributed by atoms with Gasteiger partial charge in [-0.15, -0.1) is 0 Å². The number of aromatic nitrogens is 2. The quantitative estimate of drug-likeness (QED) is 0.906. The van der Waals surface area contributed by atoms with Gasteiger partial charge in [-0.1, -0.05) is 37.6 Å². The Hall–Kier alpha value is -2.10. The van der Waals surface area contributed by atoms with Crippen molar-refractivity contribution in [1.82, 2.24) is 15.5 Å². The van der Waals surface area contributed by atoms with Crippen molar-refractivity contribution in [2.75, 3.05) is 0 Å². The Labute approximate surface area is 125 Å². The molecule has 0 bridgehead atoms. The fourth-order valence-electron chi connectivity index (χ4n) is 2.96. The van der Waals surface area contributed by atoms with Crippen LogP contribution in [0.3, 0.4) is 0 Å². The van der Waals surface area contributed by atoms with Gasteiger partial charge in [0.05, 0.1) is 0 Å². The van der Waals surface area contributed by atoms with E-state index >= 15 is 0 Å². The van der Waals surface area contributed by atoms with Crippen LogP contribution in [0.15, 0.2) is 30.3 Å². The summed E-state index contributed by atoms with van der Waals surface area (Å²) in [5.41, 5.74) is 4.28. The van der Waals surface area contributed by atoms with Crippen LogP contribution in [0.4, 0.5) is 0 Å². The van der Waals surface area contributed by atoms with Crippen LogP contribution in [-0.2, 0) is 19.3 Å². The second kappa shape index (κ2) is 6.12. The molecule has 2 aromatic rings. The van der Waals surface area contributed by atoms with Gasteiger partial charge in [-0.2, -0.15) is 5.10 Å². The van der Waals surface area contributed by atoms with Crippen molar-refractivity contribution in [3.63, 3.8) is 0 Å². The first-order valence-corrected chi connectivity index (χ1v) is 7.68. The summed E-state index contributed by atoms with van der Waals surface area (Å²) in [4.78, 5) is 12.2. The van der Waals surface area contributed by atoms with Gasteiger partial charge in [0.1, 0.15) is 5.69 Å². The molecule has 0 spiro atoms. The SMILES string of the molecule is CCCc1cc(C(=O)NC2CCc3ccccc3C2)n[nH]1. The molecule has 1 aliphatic carbocycles. The van der Waals surface area contributed by atoms with Crippen LogP contribution in [0, 0.1) is 0 Å². The van der Waals surface area contributed by atoms with E-state index in [1.165, 1.54) is 11.1 Å². The number of H-pyrrole nitrogens is 1. The van der Waals surface area contributed by atoms with Crippen LogP contribution in [-0.4, -0.2) is 22.1 Å². The average Bonchev–Trinajstić information content (AvgIpc) is 2.96. The third kappa shape index (κ3) is 3.15. The maximum Gasteiger partial charge on any atom is 0.272 e. The first-order chi connectivity index (χ1) is 10.3. The summed E-state index contributed by atoms with van der Waals surface area (Å²) in [5, 5.41) is 10.1. The predicted octanol–water partition coefficient (Wildman–Crippen LogP) is 2.65. The maximum atomic E-state index is 12.2. The Balaban J connectivity index is 1.63. The summed E-state index contributed by atoms with van der Waals surface area (Å²) in [6.45, 7) is 2.11. The summed E-state index contributed by atoms with van der Waals surface area (Å²) in [6.07, 6.45) is 4.91. The number of hydrogen-bond acceptors (Lipinski definition) is 2. The number of aryl methyl sites for hydroxylation is 2. The van der Waals surface area contributed by atoms with E-state index in [-0.39, 0.29) is 11.9 Å². The number of nitrogens with one attached hydrogen (secondary N) is 2. The molecule has 4 heteroatoms. The molecule has 1 aromatic heterocycles. The van der Waals surface area contributed by atoms with Crippen molar-refractivity contribution >= 4 is 5.91 Å². The number of carbonyl (C=O) groups is 1. The molecule has 1 unspecified atom stereocenters. The van der Waals surface area contributed by atoms with Crippen LogP contribution in [0.1, 0.15) is 47.1 Å². The van der Waals surface area contributed by atoms with Crippen molar-refractivity contribution < 1.29 is 4.79 Å². The fourth-order valence-corrected chi connectivity index (χ4v) is 2.96. The number of amides is 1. The van der Waals surface area contributed by atoms with E-state index in [0.717, 1.165) is 37.8 Å². The van der Waals surface area contributed by atoms with Gasteiger partial charge in [-0.3, -0.25) is 9.89 Å². The van der Waals surface area contributed by atoms with Crippen molar-refractivity contribution in [3.8, 4) is 0 Å².